The van der Waals surface area contributed by atoms with E-state index >= 15 is 0 Å². The second-order valence-corrected chi connectivity index (χ2v) is 16.0. The van der Waals surface area contributed by atoms with E-state index in [0.29, 0.717) is 28.6 Å². The van der Waals surface area contributed by atoms with Crippen molar-refractivity contribution in [2.45, 2.75) is 153 Å². The summed E-state index contributed by atoms with van der Waals surface area (Å²) in [6.07, 6.45) is 24.7. The zero-order chi connectivity index (χ0) is 29.0. The molecule has 3 saturated carbocycles. The number of allylic oxidation sites excluding steroid dienone is 6. The second-order valence-electron chi connectivity index (χ2n) is 16.0. The first-order valence-electron chi connectivity index (χ1n) is 17.4. The van der Waals surface area contributed by atoms with Crippen LogP contribution in [0.15, 0.2) is 34.9 Å². The molecule has 8 unspecified atom stereocenters. The highest BCUT2D eigenvalue weighted by molar-refractivity contribution is 5.29. The minimum absolute atomic E-state index is 0.522. The van der Waals surface area contributed by atoms with Gasteiger partial charge in [-0.2, -0.15) is 0 Å². The summed E-state index contributed by atoms with van der Waals surface area (Å²) in [5, 5.41) is 0. The summed E-state index contributed by atoms with van der Waals surface area (Å²) in [5.41, 5.74) is 6.17. The molecule has 0 nitrogen and oxygen atoms in total. The van der Waals surface area contributed by atoms with E-state index in [1.807, 2.05) is 0 Å². The minimum atomic E-state index is 0.522. The molecule has 39 heavy (non-hydrogen) atoms. The van der Waals surface area contributed by atoms with Crippen LogP contribution in [0.2, 0.25) is 0 Å². The third-order valence-electron chi connectivity index (χ3n) is 12.4. The summed E-state index contributed by atoms with van der Waals surface area (Å²) in [4.78, 5) is 0. The lowest BCUT2D eigenvalue weighted by Gasteiger charge is -2.32. The number of hydrogen-bond acceptors (Lipinski definition) is 0. The van der Waals surface area contributed by atoms with Crippen LogP contribution in [0.4, 0.5) is 0 Å². The lowest BCUT2D eigenvalue weighted by Crippen LogP contribution is -2.23. The molecule has 0 heteroatoms. The van der Waals surface area contributed by atoms with Crippen LogP contribution in [0.25, 0.3) is 0 Å². The molecule has 0 saturated heterocycles. The van der Waals surface area contributed by atoms with Crippen molar-refractivity contribution in [2.75, 3.05) is 0 Å². The van der Waals surface area contributed by atoms with E-state index in [1.54, 1.807) is 16.7 Å². The van der Waals surface area contributed by atoms with Gasteiger partial charge in [-0.25, -0.2) is 0 Å². The van der Waals surface area contributed by atoms with Gasteiger partial charge in [0.25, 0.3) is 0 Å². The van der Waals surface area contributed by atoms with Crippen LogP contribution in [0.1, 0.15) is 153 Å². The summed E-state index contributed by atoms with van der Waals surface area (Å²) < 4.78 is 0. The number of rotatable bonds is 17. The Hall–Kier alpha value is -0.780. The van der Waals surface area contributed by atoms with Crippen molar-refractivity contribution in [1.82, 2.24) is 0 Å². The summed E-state index contributed by atoms with van der Waals surface area (Å²) in [5.74, 6) is 6.13. The van der Waals surface area contributed by atoms with Crippen LogP contribution < -0.4 is 0 Å². The van der Waals surface area contributed by atoms with Crippen LogP contribution in [-0.2, 0) is 0 Å². The molecule has 3 rings (SSSR count). The Morgan fingerprint density at radius 2 is 1.59 bits per heavy atom. The molecule has 0 aromatic heterocycles. The Kier molecular flexibility index (Phi) is 11.7. The normalized spacial score (nSPS) is 33.1. The van der Waals surface area contributed by atoms with Crippen LogP contribution in [-0.4, -0.2) is 0 Å². The fourth-order valence-corrected chi connectivity index (χ4v) is 7.59. The van der Waals surface area contributed by atoms with Crippen molar-refractivity contribution in [3.05, 3.63) is 34.9 Å². The molecule has 0 aliphatic heterocycles. The average molecular weight is 537 g/mol. The van der Waals surface area contributed by atoms with Crippen LogP contribution in [0.3, 0.4) is 0 Å². The highest BCUT2D eigenvalue weighted by Crippen LogP contribution is 2.64. The zero-order valence-corrected chi connectivity index (χ0v) is 28.3. The lowest BCUT2D eigenvalue weighted by molar-refractivity contribution is 0.278. The van der Waals surface area contributed by atoms with E-state index in [4.69, 9.17) is 0 Å². The van der Waals surface area contributed by atoms with Gasteiger partial charge in [-0.05, 0) is 112 Å². The molecule has 3 aliphatic carbocycles. The van der Waals surface area contributed by atoms with E-state index in [-0.39, 0.29) is 0 Å². The van der Waals surface area contributed by atoms with Gasteiger partial charge in [0.1, 0.15) is 0 Å². The monoisotopic (exact) mass is 537 g/mol. The summed E-state index contributed by atoms with van der Waals surface area (Å²) in [6.45, 7) is 27.2. The van der Waals surface area contributed by atoms with Gasteiger partial charge in [-0.1, -0.05) is 129 Å². The average Bonchev–Trinajstić information content (AvgIpc) is 3.74. The Balaban J connectivity index is 1.94. The van der Waals surface area contributed by atoms with E-state index in [1.165, 1.54) is 77.0 Å². The molecule has 3 aliphatic rings. The maximum Gasteiger partial charge on any atom is 0.00449 e. The van der Waals surface area contributed by atoms with Crippen molar-refractivity contribution in [3.63, 3.8) is 0 Å². The Morgan fingerprint density at radius 1 is 0.897 bits per heavy atom. The van der Waals surface area contributed by atoms with Crippen molar-refractivity contribution in [3.8, 4) is 0 Å². The summed E-state index contributed by atoms with van der Waals surface area (Å²) in [7, 11) is 0. The molecule has 0 amide bonds. The fraction of sp³-hybridized carbons (Fsp3) is 0.846. The molecular formula is C39H68. The van der Waals surface area contributed by atoms with Gasteiger partial charge < -0.3 is 0 Å². The fourth-order valence-electron chi connectivity index (χ4n) is 7.59. The van der Waals surface area contributed by atoms with Gasteiger partial charge in [0, 0.05) is 5.92 Å². The van der Waals surface area contributed by atoms with Gasteiger partial charge in [-0.3, -0.25) is 0 Å². The Morgan fingerprint density at radius 3 is 2.13 bits per heavy atom. The van der Waals surface area contributed by atoms with Crippen molar-refractivity contribution in [1.29, 1.82) is 0 Å². The van der Waals surface area contributed by atoms with Crippen LogP contribution >= 0.6 is 0 Å². The lowest BCUT2D eigenvalue weighted by atomic mass is 9.72. The molecule has 224 valence electrons. The molecule has 0 radical (unpaired) electrons. The smallest absolute Gasteiger partial charge is 0.00449 e. The van der Waals surface area contributed by atoms with E-state index in [0.717, 1.165) is 29.6 Å². The van der Waals surface area contributed by atoms with Crippen molar-refractivity contribution >= 4 is 0 Å². The standard InChI is InChI=1S/C39H68/c1-12-28(5)16-14-19-35(32(9)31(8)29(6)20-21-33-17-15-18-33)37(30(7)24-34-25-38(34,10)13-2)36-26-39(36,11)23-22-27(3)4/h14,19,24,27-29,33-37H,12-13,15-18,20-23,25-26H2,1-11H3. The van der Waals surface area contributed by atoms with Gasteiger partial charge in [0.15, 0.2) is 0 Å². The molecule has 0 N–H and O–H groups in total. The number of hydrogen-bond donors (Lipinski definition) is 0. The van der Waals surface area contributed by atoms with E-state index in [2.05, 4.69) is 94.4 Å². The third kappa shape index (κ3) is 8.61. The predicted molar refractivity (Wildman–Crippen MR) is 175 cm³/mol. The molecule has 0 bridgehead atoms. The van der Waals surface area contributed by atoms with Gasteiger partial charge in [0.2, 0.25) is 0 Å². The molecular weight excluding hydrogens is 468 g/mol. The molecule has 0 spiro atoms. The highest BCUT2D eigenvalue weighted by atomic mass is 14.6. The zero-order valence-electron chi connectivity index (χ0n) is 28.3. The molecule has 3 fully saturated rings. The first kappa shape index (κ1) is 32.7. The predicted octanol–water partition coefficient (Wildman–Crippen LogP) is 12.6. The first-order valence-corrected chi connectivity index (χ1v) is 17.4. The molecule has 0 heterocycles. The van der Waals surface area contributed by atoms with E-state index < -0.39 is 0 Å². The SMILES string of the molecule is CCC(C)CC=CC(C(C)=C(C)C(C)CCC1CCC1)C(C(C)=CC1CC1(C)CC)C1CC1(C)CCC(C)C. The Bertz CT molecular complexity index is 864. The maximum absolute atomic E-state index is 2.76. The molecule has 0 aromatic rings. The highest BCUT2D eigenvalue weighted by Gasteiger charge is 2.55. The van der Waals surface area contributed by atoms with Crippen molar-refractivity contribution < 1.29 is 0 Å². The van der Waals surface area contributed by atoms with Gasteiger partial charge in [-0.15, -0.1) is 0 Å². The van der Waals surface area contributed by atoms with Gasteiger partial charge in [0.05, 0.1) is 0 Å². The molecule has 0 aromatic carbocycles. The van der Waals surface area contributed by atoms with Crippen LogP contribution in [0.5, 0.6) is 0 Å². The summed E-state index contributed by atoms with van der Waals surface area (Å²) in [6, 6.07) is 0. The Labute approximate surface area is 246 Å². The van der Waals surface area contributed by atoms with Crippen LogP contribution in [0, 0.1) is 58.2 Å². The van der Waals surface area contributed by atoms with Crippen molar-refractivity contribution in [2.24, 2.45) is 58.2 Å². The first-order chi connectivity index (χ1) is 18.3. The largest absolute Gasteiger partial charge is 0.0876 e. The second kappa shape index (κ2) is 13.9. The maximum atomic E-state index is 2.76. The quantitative estimate of drug-likeness (QED) is 0.162. The third-order valence-corrected chi connectivity index (χ3v) is 12.4. The molecule has 8 atom stereocenters. The van der Waals surface area contributed by atoms with E-state index in [9.17, 15) is 0 Å². The van der Waals surface area contributed by atoms with Gasteiger partial charge >= 0.3 is 0 Å². The minimum Gasteiger partial charge on any atom is -0.0876 e. The topological polar surface area (TPSA) is 0 Å². The summed E-state index contributed by atoms with van der Waals surface area (Å²) >= 11 is 0.